The van der Waals surface area contributed by atoms with E-state index in [4.69, 9.17) is 11.6 Å². The molecule has 0 radical (unpaired) electrons. The summed E-state index contributed by atoms with van der Waals surface area (Å²) in [6.07, 6.45) is 0. The molecule has 6 nitrogen and oxygen atoms in total. The molecule has 8 heteroatoms. The molecule has 1 aliphatic rings. The third kappa shape index (κ3) is 5.69. The van der Waals surface area contributed by atoms with Gasteiger partial charge in [0.15, 0.2) is 0 Å². The van der Waals surface area contributed by atoms with Crippen molar-refractivity contribution in [3.63, 3.8) is 0 Å². The summed E-state index contributed by atoms with van der Waals surface area (Å²) in [6.45, 7) is 7.88. The maximum Gasteiger partial charge on any atom is 0.264 e. The molecule has 0 saturated carbocycles. The molecule has 4 rings (SSSR count). The van der Waals surface area contributed by atoms with Crippen LogP contribution in [0.25, 0.3) is 0 Å². The fraction of sp³-hybridized carbons (Fsp3) is 0.296. The van der Waals surface area contributed by atoms with Crippen LogP contribution in [0.1, 0.15) is 28.4 Å². The Bertz CT molecular complexity index is 1270. The second-order valence-electron chi connectivity index (χ2n) is 8.69. The Morgan fingerprint density at radius 2 is 1.54 bits per heavy atom. The van der Waals surface area contributed by atoms with Crippen molar-refractivity contribution in [2.75, 3.05) is 37.0 Å². The molecule has 1 saturated heterocycles. The topological polar surface area (TPSA) is 60.9 Å². The van der Waals surface area contributed by atoms with Gasteiger partial charge in [-0.3, -0.25) is 9.10 Å². The molecule has 0 atom stereocenters. The van der Waals surface area contributed by atoms with Crippen molar-refractivity contribution in [1.29, 1.82) is 0 Å². The van der Waals surface area contributed by atoms with Crippen molar-refractivity contribution in [2.24, 2.45) is 0 Å². The first-order chi connectivity index (χ1) is 16.8. The lowest BCUT2D eigenvalue weighted by Gasteiger charge is -2.35. The van der Waals surface area contributed by atoms with Gasteiger partial charge >= 0.3 is 0 Å². The molecule has 35 heavy (non-hydrogen) atoms. The number of para-hydroxylation sites is 1. The van der Waals surface area contributed by atoms with E-state index in [9.17, 15) is 13.2 Å². The van der Waals surface area contributed by atoms with Gasteiger partial charge in [0.1, 0.15) is 0 Å². The fourth-order valence-corrected chi connectivity index (χ4v) is 5.80. The van der Waals surface area contributed by atoms with Gasteiger partial charge in [-0.15, -0.1) is 0 Å². The van der Waals surface area contributed by atoms with Crippen molar-refractivity contribution in [3.05, 3.63) is 94.5 Å². The van der Waals surface area contributed by atoms with Crippen molar-refractivity contribution < 1.29 is 13.2 Å². The minimum Gasteiger partial charge on any atom is -0.336 e. The monoisotopic (exact) mass is 511 g/mol. The van der Waals surface area contributed by atoms with Crippen molar-refractivity contribution in [2.45, 2.75) is 25.3 Å². The first kappa shape index (κ1) is 25.2. The van der Waals surface area contributed by atoms with E-state index in [0.29, 0.717) is 29.4 Å². The van der Waals surface area contributed by atoms with Gasteiger partial charge in [0.25, 0.3) is 15.9 Å². The van der Waals surface area contributed by atoms with Gasteiger partial charge in [0.05, 0.1) is 22.7 Å². The number of hydrogen-bond donors (Lipinski definition) is 0. The number of likely N-dealkylation sites (N-methyl/N-ethyl adjacent to an activating group) is 1. The van der Waals surface area contributed by atoms with Gasteiger partial charge in [0, 0.05) is 31.2 Å². The molecule has 1 fully saturated rings. The molecular weight excluding hydrogens is 482 g/mol. The number of nitrogens with zero attached hydrogens (tertiary/aromatic N) is 3. The Balaban J connectivity index is 1.76. The summed E-state index contributed by atoms with van der Waals surface area (Å²) in [5.41, 5.74) is 2.48. The zero-order valence-electron chi connectivity index (χ0n) is 20.0. The Labute approximate surface area is 212 Å². The van der Waals surface area contributed by atoms with Gasteiger partial charge in [0.2, 0.25) is 0 Å². The largest absolute Gasteiger partial charge is 0.336 e. The molecule has 0 unspecified atom stereocenters. The van der Waals surface area contributed by atoms with E-state index in [1.54, 1.807) is 72.8 Å². The molecule has 0 aromatic heterocycles. The van der Waals surface area contributed by atoms with Crippen molar-refractivity contribution >= 4 is 33.2 Å². The Kier molecular flexibility index (Phi) is 7.79. The molecule has 3 aromatic rings. The van der Waals surface area contributed by atoms with E-state index in [1.807, 2.05) is 11.8 Å². The fourth-order valence-electron chi connectivity index (χ4n) is 4.20. The molecule has 1 heterocycles. The third-order valence-corrected chi connectivity index (χ3v) is 8.38. The summed E-state index contributed by atoms with van der Waals surface area (Å²) in [7, 11) is -3.96. The number of carbonyl (C=O) groups is 1. The van der Waals surface area contributed by atoms with Crippen LogP contribution >= 0.6 is 11.6 Å². The number of piperazine rings is 1. The number of amides is 1. The first-order valence-corrected chi connectivity index (χ1v) is 13.6. The summed E-state index contributed by atoms with van der Waals surface area (Å²) < 4.78 is 29.2. The van der Waals surface area contributed by atoms with Gasteiger partial charge < -0.3 is 9.80 Å². The molecule has 1 aliphatic heterocycles. The number of rotatable bonds is 7. The van der Waals surface area contributed by atoms with Crippen LogP contribution in [0.2, 0.25) is 5.02 Å². The van der Waals surface area contributed by atoms with Crippen LogP contribution in [-0.4, -0.2) is 56.8 Å². The highest BCUT2D eigenvalue weighted by Gasteiger charge is 2.30. The SMILES string of the molecule is CCN1CCN(C(=O)c2ccccc2N(Cc2ccc(Cl)cc2)S(=O)(=O)c2ccc(C)cc2)CC1. The molecular formula is C27H30ClN3O3S. The normalized spacial score (nSPS) is 14.7. The number of aryl methyl sites for hydroxylation is 1. The van der Waals surface area contributed by atoms with Gasteiger partial charge in [-0.1, -0.05) is 60.5 Å². The average molecular weight is 512 g/mol. The molecule has 184 valence electrons. The van der Waals surface area contributed by atoms with Crippen LogP contribution in [0.3, 0.4) is 0 Å². The molecule has 0 spiro atoms. The summed E-state index contributed by atoms with van der Waals surface area (Å²) in [4.78, 5) is 17.9. The highest BCUT2D eigenvalue weighted by molar-refractivity contribution is 7.92. The highest BCUT2D eigenvalue weighted by Crippen LogP contribution is 2.30. The highest BCUT2D eigenvalue weighted by atomic mass is 35.5. The van der Waals surface area contributed by atoms with Crippen LogP contribution in [0, 0.1) is 6.92 Å². The lowest BCUT2D eigenvalue weighted by atomic mass is 10.1. The molecule has 0 aliphatic carbocycles. The molecule has 3 aromatic carbocycles. The van der Waals surface area contributed by atoms with Gasteiger partial charge in [-0.25, -0.2) is 8.42 Å². The average Bonchev–Trinajstić information content (AvgIpc) is 2.88. The van der Waals surface area contributed by atoms with Crippen LogP contribution in [0.5, 0.6) is 0 Å². The Hall–Kier alpha value is -2.87. The second kappa shape index (κ2) is 10.8. The van der Waals surface area contributed by atoms with Gasteiger partial charge in [-0.2, -0.15) is 0 Å². The third-order valence-electron chi connectivity index (χ3n) is 6.36. The quantitative estimate of drug-likeness (QED) is 0.456. The summed E-state index contributed by atoms with van der Waals surface area (Å²) in [5.74, 6) is -0.156. The predicted molar refractivity (Wildman–Crippen MR) is 140 cm³/mol. The minimum atomic E-state index is -3.96. The minimum absolute atomic E-state index is 0.0707. The predicted octanol–water partition coefficient (Wildman–Crippen LogP) is 4.82. The maximum absolute atomic E-state index is 13.9. The van der Waals surface area contributed by atoms with Gasteiger partial charge in [-0.05, 0) is 55.4 Å². The standard InChI is InChI=1S/C27H30ClN3O3S/c1-3-29-16-18-30(19-17-29)27(32)25-6-4-5-7-26(25)31(20-22-10-12-23(28)13-11-22)35(33,34)24-14-8-21(2)9-15-24/h4-15H,3,16-20H2,1-2H3. The van der Waals surface area contributed by atoms with Crippen LogP contribution in [-0.2, 0) is 16.6 Å². The first-order valence-electron chi connectivity index (χ1n) is 11.7. The maximum atomic E-state index is 13.9. The van der Waals surface area contributed by atoms with E-state index >= 15 is 0 Å². The van der Waals surface area contributed by atoms with Crippen LogP contribution in [0.15, 0.2) is 77.7 Å². The van der Waals surface area contributed by atoms with Crippen molar-refractivity contribution in [3.8, 4) is 0 Å². The van der Waals surface area contributed by atoms with E-state index in [2.05, 4.69) is 11.8 Å². The number of sulfonamides is 1. The molecule has 0 N–H and O–H groups in total. The summed E-state index contributed by atoms with van der Waals surface area (Å²) in [6, 6.07) is 20.8. The number of benzene rings is 3. The number of halogens is 1. The van der Waals surface area contributed by atoms with E-state index in [1.165, 1.54) is 4.31 Å². The number of hydrogen-bond acceptors (Lipinski definition) is 4. The van der Waals surface area contributed by atoms with E-state index < -0.39 is 10.0 Å². The van der Waals surface area contributed by atoms with Crippen molar-refractivity contribution in [1.82, 2.24) is 9.80 Å². The summed E-state index contributed by atoms with van der Waals surface area (Å²) in [5, 5.41) is 0.573. The zero-order chi connectivity index (χ0) is 25.0. The zero-order valence-corrected chi connectivity index (χ0v) is 21.6. The van der Waals surface area contributed by atoms with Crippen LogP contribution in [0.4, 0.5) is 5.69 Å². The lowest BCUT2D eigenvalue weighted by Crippen LogP contribution is -2.48. The van der Waals surface area contributed by atoms with E-state index in [0.717, 1.165) is 30.8 Å². The Morgan fingerprint density at radius 1 is 0.914 bits per heavy atom. The lowest BCUT2D eigenvalue weighted by molar-refractivity contribution is 0.0644. The smallest absolute Gasteiger partial charge is 0.264 e. The van der Waals surface area contributed by atoms with E-state index in [-0.39, 0.29) is 17.3 Å². The van der Waals surface area contributed by atoms with Crippen LogP contribution < -0.4 is 4.31 Å². The second-order valence-corrected chi connectivity index (χ2v) is 11.0. The summed E-state index contributed by atoms with van der Waals surface area (Å²) >= 11 is 6.05. The Morgan fingerprint density at radius 3 is 2.17 bits per heavy atom. The number of anilines is 1. The number of carbonyl (C=O) groups excluding carboxylic acids is 1. The molecule has 1 amide bonds. The molecule has 0 bridgehead atoms.